The molecule has 4 rings (SSSR count). The second-order valence-electron chi connectivity index (χ2n) is 9.50. The first-order valence-electron chi connectivity index (χ1n) is 12.4. The molecule has 1 aliphatic heterocycles. The topological polar surface area (TPSA) is 121 Å². The van der Waals surface area contributed by atoms with Gasteiger partial charge in [0.2, 0.25) is 0 Å². The first-order chi connectivity index (χ1) is 16.6. The van der Waals surface area contributed by atoms with Crippen molar-refractivity contribution in [2.24, 2.45) is 5.92 Å². The maximum Gasteiger partial charge on any atom is 0.324 e. The van der Waals surface area contributed by atoms with Crippen LogP contribution >= 0.6 is 0 Å². The third-order valence-electron chi connectivity index (χ3n) is 7.03. The maximum atomic E-state index is 12.3. The minimum atomic E-state index is -0.661. The summed E-state index contributed by atoms with van der Waals surface area (Å²) < 4.78 is 11.4. The summed E-state index contributed by atoms with van der Waals surface area (Å²) in [6, 6.07) is 5.37. The van der Waals surface area contributed by atoms with Crippen molar-refractivity contribution < 1.29 is 24.3 Å². The van der Waals surface area contributed by atoms with Crippen molar-refractivity contribution in [3.8, 4) is 5.75 Å². The molecule has 186 valence electrons. The minimum Gasteiger partial charge on any atom is -0.494 e. The number of aryl methyl sites for hydroxylation is 1. The van der Waals surface area contributed by atoms with Crippen LogP contribution in [0.25, 0.3) is 0 Å². The van der Waals surface area contributed by atoms with Gasteiger partial charge in [0.15, 0.2) is 5.82 Å². The number of rotatable bonds is 11. The summed E-state index contributed by atoms with van der Waals surface area (Å²) in [5, 5.41) is 25.1. The van der Waals surface area contributed by atoms with Gasteiger partial charge in [-0.2, -0.15) is 4.98 Å². The van der Waals surface area contributed by atoms with E-state index in [2.05, 4.69) is 20.4 Å². The van der Waals surface area contributed by atoms with E-state index < -0.39 is 6.04 Å². The number of amides is 1. The van der Waals surface area contributed by atoms with Gasteiger partial charge in [-0.1, -0.05) is 11.6 Å². The van der Waals surface area contributed by atoms with E-state index in [1.165, 1.54) is 19.3 Å². The first kappa shape index (κ1) is 24.5. The Bertz CT molecular complexity index is 933. The normalized spacial score (nSPS) is 17.1. The van der Waals surface area contributed by atoms with E-state index in [-0.39, 0.29) is 19.1 Å². The minimum absolute atomic E-state index is 0.306. The molecule has 2 heterocycles. The lowest BCUT2D eigenvalue weighted by molar-refractivity contribution is 0.0878. The van der Waals surface area contributed by atoms with E-state index in [1.54, 1.807) is 12.1 Å². The number of benzene rings is 1. The number of ether oxygens (including phenoxy) is 1. The number of aromatic nitrogens is 2. The molecule has 0 atom stereocenters. The SMILES string of the molecule is Cc1cc(OCCCC2CCN(c3nc(C4CCC4)no3)CC2)ccc1C(=O)NC(CO)CO. The number of carbonyl (C=O) groups is 1. The number of nitrogens with one attached hydrogen (secondary N) is 1. The Morgan fingerprint density at radius 2 is 2.00 bits per heavy atom. The van der Waals surface area contributed by atoms with E-state index in [4.69, 9.17) is 19.5 Å². The van der Waals surface area contributed by atoms with E-state index in [9.17, 15) is 4.79 Å². The fourth-order valence-electron chi connectivity index (χ4n) is 4.55. The Morgan fingerprint density at radius 3 is 2.65 bits per heavy atom. The van der Waals surface area contributed by atoms with E-state index >= 15 is 0 Å². The van der Waals surface area contributed by atoms with Crippen LogP contribution in [-0.4, -0.2) is 65.2 Å². The molecule has 0 radical (unpaired) electrons. The van der Waals surface area contributed by atoms with Gasteiger partial charge in [-0.05, 0) is 75.1 Å². The Balaban J connectivity index is 1.15. The molecular formula is C25H36N4O5. The van der Waals surface area contributed by atoms with Gasteiger partial charge in [-0.25, -0.2) is 0 Å². The fraction of sp³-hybridized carbons (Fsp3) is 0.640. The molecule has 2 aliphatic rings. The molecule has 9 heteroatoms. The van der Waals surface area contributed by atoms with Crippen LogP contribution in [0, 0.1) is 12.8 Å². The van der Waals surface area contributed by atoms with Crippen molar-refractivity contribution in [2.45, 2.75) is 63.8 Å². The second kappa shape index (κ2) is 11.7. The summed E-state index contributed by atoms with van der Waals surface area (Å²) in [5.41, 5.74) is 1.30. The number of hydrogen-bond acceptors (Lipinski definition) is 8. The van der Waals surface area contributed by atoms with Gasteiger partial charge in [-0.3, -0.25) is 4.79 Å². The fourth-order valence-corrected chi connectivity index (χ4v) is 4.55. The Kier molecular flexibility index (Phi) is 8.39. The molecule has 1 aliphatic carbocycles. The van der Waals surface area contributed by atoms with Crippen LogP contribution < -0.4 is 15.0 Å². The Morgan fingerprint density at radius 1 is 1.24 bits per heavy atom. The lowest BCUT2D eigenvalue weighted by Crippen LogP contribution is -2.40. The number of nitrogens with zero attached hydrogens (tertiary/aromatic N) is 3. The van der Waals surface area contributed by atoms with E-state index in [0.29, 0.717) is 30.0 Å². The number of aliphatic hydroxyl groups is 2. The number of piperidine rings is 1. The first-order valence-corrected chi connectivity index (χ1v) is 12.4. The zero-order valence-corrected chi connectivity index (χ0v) is 19.9. The molecule has 2 fully saturated rings. The standard InChI is InChI=1S/C25H36N4O5/c1-17-14-21(7-8-22(17)24(32)26-20(15-30)16-31)33-13-3-4-18-9-11-29(12-10-18)25-27-23(28-34-25)19-5-2-6-19/h7-8,14,18-20,30-31H,2-6,9-13,15-16H2,1H3,(H,26,32). The average Bonchev–Trinajstić information content (AvgIpc) is 3.29. The third kappa shape index (κ3) is 6.07. The lowest BCUT2D eigenvalue weighted by atomic mass is 9.85. The van der Waals surface area contributed by atoms with Gasteiger partial charge in [0, 0.05) is 24.6 Å². The lowest BCUT2D eigenvalue weighted by Gasteiger charge is -2.30. The molecule has 3 N–H and O–H groups in total. The smallest absolute Gasteiger partial charge is 0.324 e. The van der Waals surface area contributed by atoms with Gasteiger partial charge in [0.1, 0.15) is 5.75 Å². The van der Waals surface area contributed by atoms with Crippen LogP contribution in [0.5, 0.6) is 5.75 Å². The van der Waals surface area contributed by atoms with Gasteiger partial charge in [0.25, 0.3) is 5.91 Å². The largest absolute Gasteiger partial charge is 0.494 e. The summed E-state index contributed by atoms with van der Waals surface area (Å²) in [7, 11) is 0. The number of aliphatic hydroxyl groups excluding tert-OH is 2. The van der Waals surface area contributed by atoms with E-state index in [1.807, 2.05) is 13.0 Å². The highest BCUT2D eigenvalue weighted by molar-refractivity contribution is 5.96. The van der Waals surface area contributed by atoms with Gasteiger partial charge in [0.05, 0.1) is 25.9 Å². The van der Waals surface area contributed by atoms with Crippen LogP contribution in [0.1, 0.15) is 72.6 Å². The molecule has 0 unspecified atom stereocenters. The predicted molar refractivity (Wildman–Crippen MR) is 127 cm³/mol. The van der Waals surface area contributed by atoms with Gasteiger partial charge < -0.3 is 29.7 Å². The predicted octanol–water partition coefficient (Wildman–Crippen LogP) is 2.80. The second-order valence-corrected chi connectivity index (χ2v) is 9.50. The molecule has 1 saturated carbocycles. The molecule has 1 amide bonds. The molecular weight excluding hydrogens is 436 g/mol. The monoisotopic (exact) mass is 472 g/mol. The maximum absolute atomic E-state index is 12.3. The highest BCUT2D eigenvalue weighted by Gasteiger charge is 2.27. The Hall–Kier alpha value is -2.65. The van der Waals surface area contributed by atoms with Crippen molar-refractivity contribution >= 4 is 11.9 Å². The quantitative estimate of drug-likeness (QED) is 0.427. The van der Waals surface area contributed by atoms with E-state index in [0.717, 1.165) is 55.9 Å². The average molecular weight is 473 g/mol. The summed E-state index contributed by atoms with van der Waals surface area (Å²) in [6.07, 6.45) is 7.96. The van der Waals surface area contributed by atoms with Crippen molar-refractivity contribution in [2.75, 3.05) is 37.8 Å². The summed E-state index contributed by atoms with van der Waals surface area (Å²) in [5.74, 6) is 2.47. The van der Waals surface area contributed by atoms with Crippen LogP contribution in [0.2, 0.25) is 0 Å². The molecule has 2 aromatic rings. The summed E-state index contributed by atoms with van der Waals surface area (Å²) in [4.78, 5) is 19.1. The van der Waals surface area contributed by atoms with Crippen LogP contribution in [0.3, 0.4) is 0 Å². The molecule has 1 aromatic carbocycles. The highest BCUT2D eigenvalue weighted by Crippen LogP contribution is 2.35. The van der Waals surface area contributed by atoms with Crippen molar-refractivity contribution in [1.82, 2.24) is 15.5 Å². The number of hydrogen-bond donors (Lipinski definition) is 3. The van der Waals surface area contributed by atoms with Gasteiger partial charge in [-0.15, -0.1) is 0 Å². The summed E-state index contributed by atoms with van der Waals surface area (Å²) >= 11 is 0. The zero-order chi connectivity index (χ0) is 23.9. The molecule has 0 bridgehead atoms. The molecule has 1 aromatic heterocycles. The highest BCUT2D eigenvalue weighted by atomic mass is 16.5. The number of anilines is 1. The van der Waals surface area contributed by atoms with Crippen LogP contribution in [0.4, 0.5) is 6.01 Å². The molecule has 9 nitrogen and oxygen atoms in total. The molecule has 0 spiro atoms. The molecule has 34 heavy (non-hydrogen) atoms. The number of carbonyl (C=O) groups excluding carboxylic acids is 1. The zero-order valence-electron chi connectivity index (χ0n) is 19.9. The van der Waals surface area contributed by atoms with Crippen molar-refractivity contribution in [1.29, 1.82) is 0 Å². The Labute approximate surface area is 200 Å². The van der Waals surface area contributed by atoms with Gasteiger partial charge >= 0.3 is 6.01 Å². The third-order valence-corrected chi connectivity index (χ3v) is 7.03. The van der Waals surface area contributed by atoms with Crippen LogP contribution in [0.15, 0.2) is 22.7 Å². The van der Waals surface area contributed by atoms with Crippen LogP contribution in [-0.2, 0) is 0 Å². The van der Waals surface area contributed by atoms with Crippen molar-refractivity contribution in [3.05, 3.63) is 35.2 Å². The summed E-state index contributed by atoms with van der Waals surface area (Å²) in [6.45, 7) is 3.78. The van der Waals surface area contributed by atoms with Crippen molar-refractivity contribution in [3.63, 3.8) is 0 Å². The molecule has 1 saturated heterocycles.